The standard InChI is InChI=1S/C25H22N2O5/c1-30-17-8-10-20(23(13-17)31-2)27-14-15(11-24(27)28)25(29)26-16-7-9-19-18-5-3-4-6-21(18)32-22(19)12-16/h3-10,12-13,15H,11,14H2,1-2H3,(H,26,29)/t15-/m1/s1. The molecule has 7 heteroatoms. The number of carbonyl (C=O) groups is 2. The second-order valence-electron chi connectivity index (χ2n) is 7.74. The lowest BCUT2D eigenvalue weighted by Gasteiger charge is -2.20. The summed E-state index contributed by atoms with van der Waals surface area (Å²) in [5.74, 6) is 0.354. The summed E-state index contributed by atoms with van der Waals surface area (Å²) in [6.07, 6.45) is 0.133. The van der Waals surface area contributed by atoms with Gasteiger partial charge in [0.15, 0.2) is 0 Å². The molecule has 162 valence electrons. The van der Waals surface area contributed by atoms with Crippen LogP contribution in [0, 0.1) is 5.92 Å². The number of furan rings is 1. The molecule has 1 atom stereocenters. The van der Waals surface area contributed by atoms with Crippen LogP contribution in [0.4, 0.5) is 11.4 Å². The van der Waals surface area contributed by atoms with E-state index in [2.05, 4.69) is 5.32 Å². The highest BCUT2D eigenvalue weighted by atomic mass is 16.5. The van der Waals surface area contributed by atoms with Crippen molar-refractivity contribution in [3.8, 4) is 11.5 Å². The van der Waals surface area contributed by atoms with Gasteiger partial charge in [0.25, 0.3) is 0 Å². The van der Waals surface area contributed by atoms with Crippen LogP contribution in [0.2, 0.25) is 0 Å². The van der Waals surface area contributed by atoms with Crippen molar-refractivity contribution in [2.24, 2.45) is 5.92 Å². The number of carbonyl (C=O) groups excluding carboxylic acids is 2. The number of rotatable bonds is 5. The van der Waals surface area contributed by atoms with Gasteiger partial charge in [-0.25, -0.2) is 0 Å². The minimum absolute atomic E-state index is 0.124. The maximum atomic E-state index is 12.9. The van der Waals surface area contributed by atoms with Crippen LogP contribution in [0.1, 0.15) is 6.42 Å². The van der Waals surface area contributed by atoms with E-state index in [0.29, 0.717) is 28.5 Å². The number of nitrogens with one attached hydrogen (secondary N) is 1. The molecule has 32 heavy (non-hydrogen) atoms. The average Bonchev–Trinajstić information content (AvgIpc) is 3.38. The number of nitrogens with zero attached hydrogens (tertiary/aromatic N) is 1. The Hall–Kier alpha value is -4.00. The molecule has 1 aliphatic heterocycles. The van der Waals surface area contributed by atoms with E-state index in [0.717, 1.165) is 16.4 Å². The van der Waals surface area contributed by atoms with Crippen molar-refractivity contribution in [3.63, 3.8) is 0 Å². The van der Waals surface area contributed by atoms with Gasteiger partial charge in [-0.15, -0.1) is 0 Å². The smallest absolute Gasteiger partial charge is 0.229 e. The molecule has 0 bridgehead atoms. The molecule has 0 aliphatic carbocycles. The van der Waals surface area contributed by atoms with Crippen molar-refractivity contribution in [3.05, 3.63) is 60.7 Å². The minimum Gasteiger partial charge on any atom is -0.497 e. The molecule has 0 unspecified atom stereocenters. The normalized spacial score (nSPS) is 16.0. The van der Waals surface area contributed by atoms with Crippen LogP contribution >= 0.6 is 0 Å². The van der Waals surface area contributed by atoms with Gasteiger partial charge in [0, 0.05) is 41.6 Å². The second-order valence-corrected chi connectivity index (χ2v) is 7.74. The van der Waals surface area contributed by atoms with Gasteiger partial charge >= 0.3 is 0 Å². The first-order valence-electron chi connectivity index (χ1n) is 10.3. The molecule has 2 amide bonds. The first-order chi connectivity index (χ1) is 15.6. The topological polar surface area (TPSA) is 81.0 Å². The van der Waals surface area contributed by atoms with Gasteiger partial charge in [0.05, 0.1) is 25.8 Å². The Labute approximate surface area is 184 Å². The van der Waals surface area contributed by atoms with Crippen LogP contribution in [0.15, 0.2) is 65.1 Å². The van der Waals surface area contributed by atoms with Gasteiger partial charge in [-0.1, -0.05) is 18.2 Å². The fourth-order valence-electron chi connectivity index (χ4n) is 4.17. The number of para-hydroxylation sites is 1. The third-order valence-corrected chi connectivity index (χ3v) is 5.82. The molecule has 0 saturated carbocycles. The molecule has 1 saturated heterocycles. The second kappa shape index (κ2) is 7.92. The molecular formula is C25H22N2O5. The molecule has 1 aromatic heterocycles. The van der Waals surface area contributed by atoms with Crippen molar-refractivity contribution in [2.75, 3.05) is 31.0 Å². The summed E-state index contributed by atoms with van der Waals surface area (Å²) < 4.78 is 16.5. The Bertz CT molecular complexity index is 1340. The van der Waals surface area contributed by atoms with E-state index in [9.17, 15) is 9.59 Å². The van der Waals surface area contributed by atoms with Crippen LogP contribution in [0.3, 0.4) is 0 Å². The molecule has 3 aromatic carbocycles. The van der Waals surface area contributed by atoms with Crippen molar-refractivity contribution in [1.29, 1.82) is 0 Å². The fraction of sp³-hybridized carbons (Fsp3) is 0.200. The number of methoxy groups -OCH3 is 2. The Kier molecular flexibility index (Phi) is 4.93. The number of fused-ring (bicyclic) bond motifs is 3. The largest absolute Gasteiger partial charge is 0.497 e. The number of hydrogen-bond acceptors (Lipinski definition) is 5. The van der Waals surface area contributed by atoms with Crippen LogP contribution < -0.4 is 19.7 Å². The fourth-order valence-corrected chi connectivity index (χ4v) is 4.17. The van der Waals surface area contributed by atoms with Crippen molar-refractivity contribution in [1.82, 2.24) is 0 Å². The number of benzene rings is 3. The summed E-state index contributed by atoms with van der Waals surface area (Å²) >= 11 is 0. The molecular weight excluding hydrogens is 408 g/mol. The Morgan fingerprint density at radius 3 is 2.62 bits per heavy atom. The van der Waals surface area contributed by atoms with Crippen LogP contribution in [-0.2, 0) is 9.59 Å². The predicted octanol–water partition coefficient (Wildman–Crippen LogP) is 4.59. The maximum Gasteiger partial charge on any atom is 0.229 e. The third-order valence-electron chi connectivity index (χ3n) is 5.82. The van der Waals surface area contributed by atoms with Gasteiger partial charge in [-0.05, 0) is 30.3 Å². The number of anilines is 2. The zero-order valence-electron chi connectivity index (χ0n) is 17.8. The van der Waals surface area contributed by atoms with Gasteiger partial charge in [-0.2, -0.15) is 0 Å². The molecule has 4 aromatic rings. The summed E-state index contributed by atoms with van der Waals surface area (Å²) in [4.78, 5) is 27.2. The molecule has 0 spiro atoms. The predicted molar refractivity (Wildman–Crippen MR) is 122 cm³/mol. The number of amides is 2. The van der Waals surface area contributed by atoms with Crippen LogP contribution in [0.25, 0.3) is 21.9 Å². The molecule has 1 aliphatic rings. The summed E-state index contributed by atoms with van der Waals surface area (Å²) in [7, 11) is 3.11. The highest BCUT2D eigenvalue weighted by Gasteiger charge is 2.36. The molecule has 2 heterocycles. The molecule has 1 fully saturated rings. The van der Waals surface area contributed by atoms with Crippen LogP contribution in [-0.4, -0.2) is 32.6 Å². The quantitative estimate of drug-likeness (QED) is 0.501. The van der Waals surface area contributed by atoms with E-state index in [4.69, 9.17) is 13.9 Å². The summed E-state index contributed by atoms with van der Waals surface area (Å²) in [5, 5.41) is 4.96. The van der Waals surface area contributed by atoms with Gasteiger partial charge < -0.3 is 24.1 Å². The zero-order valence-corrected chi connectivity index (χ0v) is 17.8. The SMILES string of the molecule is COc1ccc(N2C[C@H](C(=O)Nc3ccc4c(c3)oc3ccccc34)CC2=O)c(OC)c1. The highest BCUT2D eigenvalue weighted by Crippen LogP contribution is 2.36. The lowest BCUT2D eigenvalue weighted by Crippen LogP contribution is -2.28. The number of hydrogen-bond donors (Lipinski definition) is 1. The van der Waals surface area contributed by atoms with Crippen molar-refractivity contribution >= 4 is 45.1 Å². The Morgan fingerprint density at radius 2 is 1.81 bits per heavy atom. The van der Waals surface area contributed by atoms with E-state index in [1.54, 1.807) is 30.2 Å². The molecule has 0 radical (unpaired) electrons. The van der Waals surface area contributed by atoms with E-state index in [-0.39, 0.29) is 24.8 Å². The minimum atomic E-state index is -0.472. The zero-order chi connectivity index (χ0) is 22.2. The summed E-state index contributed by atoms with van der Waals surface area (Å²) in [6.45, 7) is 0.278. The lowest BCUT2D eigenvalue weighted by molar-refractivity contribution is -0.122. The van der Waals surface area contributed by atoms with E-state index < -0.39 is 5.92 Å². The molecule has 7 nitrogen and oxygen atoms in total. The van der Waals surface area contributed by atoms with Crippen LogP contribution in [0.5, 0.6) is 11.5 Å². The Morgan fingerprint density at radius 1 is 1.00 bits per heavy atom. The average molecular weight is 430 g/mol. The Balaban J connectivity index is 1.34. The van der Waals surface area contributed by atoms with Gasteiger partial charge in [0.2, 0.25) is 11.8 Å². The van der Waals surface area contributed by atoms with Gasteiger partial charge in [0.1, 0.15) is 22.7 Å². The van der Waals surface area contributed by atoms with E-state index >= 15 is 0 Å². The van der Waals surface area contributed by atoms with E-state index in [1.165, 1.54) is 7.11 Å². The molecule has 1 N–H and O–H groups in total. The van der Waals surface area contributed by atoms with Gasteiger partial charge in [-0.3, -0.25) is 9.59 Å². The highest BCUT2D eigenvalue weighted by molar-refractivity contribution is 6.07. The molecule has 5 rings (SSSR count). The van der Waals surface area contributed by atoms with Crippen molar-refractivity contribution < 1.29 is 23.5 Å². The van der Waals surface area contributed by atoms with E-state index in [1.807, 2.05) is 42.5 Å². The maximum absolute atomic E-state index is 12.9. The lowest BCUT2D eigenvalue weighted by atomic mass is 10.1. The first kappa shape index (κ1) is 19.9. The van der Waals surface area contributed by atoms with Crippen molar-refractivity contribution in [2.45, 2.75) is 6.42 Å². The summed E-state index contributed by atoms with van der Waals surface area (Å²) in [6, 6.07) is 18.7. The summed E-state index contributed by atoms with van der Waals surface area (Å²) in [5.41, 5.74) is 2.76. The first-order valence-corrected chi connectivity index (χ1v) is 10.3. The number of ether oxygens (including phenoxy) is 2. The monoisotopic (exact) mass is 430 g/mol. The third kappa shape index (κ3) is 3.41.